The molecule has 0 fully saturated rings. The van der Waals surface area contributed by atoms with Crippen LogP contribution in [0.1, 0.15) is 23.6 Å². The molecular weight excluding hydrogens is 202 g/mol. The Morgan fingerprint density at radius 3 is 2.31 bits per heavy atom. The van der Waals surface area contributed by atoms with Crippen molar-refractivity contribution in [3.8, 4) is 5.75 Å². The molecule has 0 spiro atoms. The molecule has 1 aromatic rings. The van der Waals surface area contributed by atoms with Gasteiger partial charge in [-0.1, -0.05) is 19.1 Å². The van der Waals surface area contributed by atoms with Crippen LogP contribution in [0, 0.1) is 19.8 Å². The highest BCUT2D eigenvalue weighted by Crippen LogP contribution is 2.22. The normalized spacial score (nSPS) is 12.8. The minimum Gasteiger partial charge on any atom is -0.507 e. The monoisotopic (exact) mass is 223 g/mol. The van der Waals surface area contributed by atoms with E-state index in [1.54, 1.807) is 0 Å². The number of aryl methyl sites for hydroxylation is 2. The molecule has 1 rings (SSSR count). The molecule has 16 heavy (non-hydrogen) atoms. The van der Waals surface area contributed by atoms with E-state index in [9.17, 15) is 5.11 Å². The number of aliphatic hydroxyl groups excluding tert-OH is 1. The van der Waals surface area contributed by atoms with Crippen LogP contribution in [-0.2, 0) is 6.54 Å². The lowest BCUT2D eigenvalue weighted by atomic mass is 10.1. The van der Waals surface area contributed by atoms with Crippen molar-refractivity contribution in [2.75, 3.05) is 13.2 Å². The van der Waals surface area contributed by atoms with E-state index in [2.05, 4.69) is 5.32 Å². The maximum Gasteiger partial charge on any atom is 0.121 e. The topological polar surface area (TPSA) is 52.5 Å². The van der Waals surface area contributed by atoms with Crippen molar-refractivity contribution in [1.82, 2.24) is 5.32 Å². The number of hydrogen-bond acceptors (Lipinski definition) is 3. The van der Waals surface area contributed by atoms with Crippen LogP contribution in [0.5, 0.6) is 5.75 Å². The van der Waals surface area contributed by atoms with Crippen LogP contribution in [0.3, 0.4) is 0 Å². The van der Waals surface area contributed by atoms with E-state index < -0.39 is 0 Å². The van der Waals surface area contributed by atoms with Crippen molar-refractivity contribution in [2.45, 2.75) is 27.3 Å². The third-order valence-electron chi connectivity index (χ3n) is 2.68. The molecule has 1 atom stereocenters. The first-order chi connectivity index (χ1) is 7.54. The Hall–Kier alpha value is -1.06. The third kappa shape index (κ3) is 3.51. The van der Waals surface area contributed by atoms with E-state index in [1.165, 1.54) is 0 Å². The maximum absolute atomic E-state index is 9.63. The van der Waals surface area contributed by atoms with Gasteiger partial charge >= 0.3 is 0 Å². The minimum absolute atomic E-state index is 0.209. The van der Waals surface area contributed by atoms with Gasteiger partial charge in [-0.3, -0.25) is 0 Å². The summed E-state index contributed by atoms with van der Waals surface area (Å²) in [6, 6.07) is 3.97. The van der Waals surface area contributed by atoms with E-state index in [1.807, 2.05) is 32.9 Å². The van der Waals surface area contributed by atoms with Gasteiger partial charge in [0.25, 0.3) is 0 Å². The van der Waals surface area contributed by atoms with E-state index in [-0.39, 0.29) is 12.5 Å². The summed E-state index contributed by atoms with van der Waals surface area (Å²) >= 11 is 0. The summed E-state index contributed by atoms with van der Waals surface area (Å²) in [5.41, 5.74) is 2.98. The lowest BCUT2D eigenvalue weighted by Gasteiger charge is -2.11. The van der Waals surface area contributed by atoms with Crippen molar-refractivity contribution in [3.63, 3.8) is 0 Å². The van der Waals surface area contributed by atoms with Crippen LogP contribution < -0.4 is 5.32 Å². The molecule has 90 valence electrons. The zero-order valence-corrected chi connectivity index (χ0v) is 10.2. The summed E-state index contributed by atoms with van der Waals surface area (Å²) in [7, 11) is 0. The van der Waals surface area contributed by atoms with Gasteiger partial charge in [0, 0.05) is 19.7 Å². The SMILES string of the molecule is Cc1cc(CNCC(C)CO)cc(C)c1O. The standard InChI is InChI=1S/C13H21NO2/c1-9(8-15)6-14-7-12-4-10(2)13(16)11(3)5-12/h4-5,9,14-16H,6-8H2,1-3H3. The molecule has 0 heterocycles. The van der Waals surface area contributed by atoms with Crippen molar-refractivity contribution in [2.24, 2.45) is 5.92 Å². The highest BCUT2D eigenvalue weighted by molar-refractivity contribution is 5.42. The number of nitrogens with one attached hydrogen (secondary N) is 1. The van der Waals surface area contributed by atoms with Gasteiger partial charge in [0.15, 0.2) is 0 Å². The maximum atomic E-state index is 9.63. The van der Waals surface area contributed by atoms with Crippen LogP contribution >= 0.6 is 0 Å². The molecular formula is C13H21NO2. The van der Waals surface area contributed by atoms with E-state index in [0.29, 0.717) is 5.75 Å². The van der Waals surface area contributed by atoms with Gasteiger partial charge in [-0.15, -0.1) is 0 Å². The second-order valence-corrected chi connectivity index (χ2v) is 4.50. The Kier molecular flexibility index (Phi) is 4.77. The second-order valence-electron chi connectivity index (χ2n) is 4.50. The van der Waals surface area contributed by atoms with Gasteiger partial charge in [0.2, 0.25) is 0 Å². The van der Waals surface area contributed by atoms with Crippen molar-refractivity contribution in [3.05, 3.63) is 28.8 Å². The fourth-order valence-corrected chi connectivity index (χ4v) is 1.68. The third-order valence-corrected chi connectivity index (χ3v) is 2.68. The Morgan fingerprint density at radius 2 is 1.81 bits per heavy atom. The first-order valence-electron chi connectivity index (χ1n) is 5.65. The molecule has 0 saturated carbocycles. The summed E-state index contributed by atoms with van der Waals surface area (Å²) < 4.78 is 0. The number of aromatic hydroxyl groups is 1. The van der Waals surface area contributed by atoms with E-state index >= 15 is 0 Å². The molecule has 1 unspecified atom stereocenters. The van der Waals surface area contributed by atoms with Gasteiger partial charge in [-0.25, -0.2) is 0 Å². The molecule has 0 amide bonds. The first-order valence-corrected chi connectivity index (χ1v) is 5.65. The lowest BCUT2D eigenvalue weighted by Crippen LogP contribution is -2.22. The summed E-state index contributed by atoms with van der Waals surface area (Å²) in [5, 5.41) is 21.8. The zero-order valence-electron chi connectivity index (χ0n) is 10.2. The molecule has 0 aromatic heterocycles. The number of phenolic OH excluding ortho intramolecular Hbond substituents is 1. The fourth-order valence-electron chi connectivity index (χ4n) is 1.68. The van der Waals surface area contributed by atoms with Gasteiger partial charge < -0.3 is 15.5 Å². The predicted octanol–water partition coefficient (Wildman–Crippen LogP) is 1.73. The molecule has 0 bridgehead atoms. The first kappa shape index (κ1) is 13.0. The summed E-state index contributed by atoms with van der Waals surface area (Å²) in [5.74, 6) is 0.659. The van der Waals surface area contributed by atoms with Gasteiger partial charge in [0.05, 0.1) is 0 Å². The van der Waals surface area contributed by atoms with Crippen LogP contribution in [0.2, 0.25) is 0 Å². The van der Waals surface area contributed by atoms with Crippen molar-refractivity contribution >= 4 is 0 Å². The molecule has 3 N–H and O–H groups in total. The number of aliphatic hydroxyl groups is 1. The number of hydrogen-bond donors (Lipinski definition) is 3. The average molecular weight is 223 g/mol. The molecule has 3 nitrogen and oxygen atoms in total. The second kappa shape index (κ2) is 5.87. The molecule has 0 aliphatic carbocycles. The Bertz CT molecular complexity index is 327. The fraction of sp³-hybridized carbons (Fsp3) is 0.538. The van der Waals surface area contributed by atoms with Gasteiger partial charge in [-0.2, -0.15) is 0 Å². The van der Waals surface area contributed by atoms with Crippen LogP contribution in [0.15, 0.2) is 12.1 Å². The molecule has 1 aromatic carbocycles. The highest BCUT2D eigenvalue weighted by atomic mass is 16.3. The molecule has 0 saturated heterocycles. The number of phenols is 1. The largest absolute Gasteiger partial charge is 0.507 e. The summed E-state index contributed by atoms with van der Waals surface area (Å²) in [6.07, 6.45) is 0. The predicted molar refractivity (Wildman–Crippen MR) is 65.5 cm³/mol. The zero-order chi connectivity index (χ0) is 12.1. The van der Waals surface area contributed by atoms with E-state index in [4.69, 9.17) is 5.11 Å². The van der Waals surface area contributed by atoms with Crippen LogP contribution in [0.25, 0.3) is 0 Å². The minimum atomic E-state index is 0.209. The molecule has 0 aliphatic rings. The van der Waals surface area contributed by atoms with E-state index in [0.717, 1.165) is 29.8 Å². The molecule has 3 heteroatoms. The Balaban J connectivity index is 2.55. The number of rotatable bonds is 5. The van der Waals surface area contributed by atoms with Crippen LogP contribution in [0.4, 0.5) is 0 Å². The smallest absolute Gasteiger partial charge is 0.121 e. The summed E-state index contributed by atoms with van der Waals surface area (Å²) in [6.45, 7) is 7.59. The number of benzene rings is 1. The Labute approximate surface area is 97.1 Å². The van der Waals surface area contributed by atoms with Crippen molar-refractivity contribution in [1.29, 1.82) is 0 Å². The molecule has 0 radical (unpaired) electrons. The van der Waals surface area contributed by atoms with Gasteiger partial charge in [0.1, 0.15) is 5.75 Å². The van der Waals surface area contributed by atoms with Crippen LogP contribution in [-0.4, -0.2) is 23.4 Å². The quantitative estimate of drug-likeness (QED) is 0.712. The summed E-state index contributed by atoms with van der Waals surface area (Å²) in [4.78, 5) is 0. The molecule has 0 aliphatic heterocycles. The van der Waals surface area contributed by atoms with Crippen molar-refractivity contribution < 1.29 is 10.2 Å². The average Bonchev–Trinajstić information content (AvgIpc) is 2.25. The lowest BCUT2D eigenvalue weighted by molar-refractivity contribution is 0.233. The Morgan fingerprint density at radius 1 is 1.25 bits per heavy atom. The highest BCUT2D eigenvalue weighted by Gasteiger charge is 2.04. The van der Waals surface area contributed by atoms with Gasteiger partial charge in [-0.05, 0) is 36.5 Å².